The number of hydrazone groups is 1. The lowest BCUT2D eigenvalue weighted by Gasteiger charge is -2.08. The van der Waals surface area contributed by atoms with Crippen LogP contribution >= 0.6 is 22.6 Å². The third-order valence-corrected chi connectivity index (χ3v) is 4.06. The molecule has 0 aliphatic carbocycles. The van der Waals surface area contributed by atoms with Gasteiger partial charge in [0, 0.05) is 0 Å². The number of nitrogens with zero attached hydrogens (tertiary/aromatic N) is 1. The topological polar surface area (TPSA) is 70.9 Å². The summed E-state index contributed by atoms with van der Waals surface area (Å²) in [7, 11) is 0. The molecule has 0 atom stereocenters. The van der Waals surface area contributed by atoms with E-state index in [-0.39, 0.29) is 18.1 Å². The molecule has 24 heavy (non-hydrogen) atoms. The second kappa shape index (κ2) is 8.68. The molecule has 2 N–H and O–H groups in total. The van der Waals surface area contributed by atoms with Gasteiger partial charge in [-0.15, -0.1) is 0 Å². The van der Waals surface area contributed by atoms with Crippen molar-refractivity contribution in [2.24, 2.45) is 5.10 Å². The summed E-state index contributed by atoms with van der Waals surface area (Å²) >= 11 is 2.02. The highest BCUT2D eigenvalue weighted by atomic mass is 127. The maximum Gasteiger partial charge on any atom is 0.244 e. The van der Waals surface area contributed by atoms with Gasteiger partial charge in [0.15, 0.2) is 11.5 Å². The monoisotopic (exact) mass is 438 g/mol. The van der Waals surface area contributed by atoms with Crippen molar-refractivity contribution in [1.29, 1.82) is 0 Å². The molecule has 5 nitrogen and oxygen atoms in total. The van der Waals surface area contributed by atoms with E-state index in [9.17, 15) is 9.90 Å². The maximum atomic E-state index is 11.9. The largest absolute Gasteiger partial charge is 0.504 e. The van der Waals surface area contributed by atoms with Crippen LogP contribution in [0, 0.1) is 10.5 Å². The van der Waals surface area contributed by atoms with E-state index in [4.69, 9.17) is 4.74 Å². The van der Waals surface area contributed by atoms with Crippen LogP contribution in [0.25, 0.3) is 0 Å². The summed E-state index contributed by atoms with van der Waals surface area (Å²) in [4.78, 5) is 11.9. The summed E-state index contributed by atoms with van der Waals surface area (Å²) in [5.74, 6) is 0.323. The van der Waals surface area contributed by atoms with Crippen molar-refractivity contribution >= 4 is 34.7 Å². The van der Waals surface area contributed by atoms with Gasteiger partial charge in [0.2, 0.25) is 5.91 Å². The minimum absolute atomic E-state index is 0.109. The van der Waals surface area contributed by atoms with Crippen molar-refractivity contribution in [2.75, 3.05) is 6.61 Å². The predicted molar refractivity (Wildman–Crippen MR) is 103 cm³/mol. The van der Waals surface area contributed by atoms with E-state index in [0.717, 1.165) is 16.7 Å². The van der Waals surface area contributed by atoms with Crippen LogP contribution in [0.15, 0.2) is 41.5 Å². The van der Waals surface area contributed by atoms with Crippen molar-refractivity contribution < 1.29 is 14.6 Å². The van der Waals surface area contributed by atoms with Crippen molar-refractivity contribution in [3.63, 3.8) is 0 Å². The molecule has 0 bridgehead atoms. The molecule has 0 heterocycles. The first-order chi connectivity index (χ1) is 11.5. The number of phenols is 1. The van der Waals surface area contributed by atoms with Crippen LogP contribution in [0.5, 0.6) is 11.5 Å². The number of rotatable bonds is 6. The molecule has 0 saturated carbocycles. The van der Waals surface area contributed by atoms with E-state index >= 15 is 0 Å². The summed E-state index contributed by atoms with van der Waals surface area (Å²) < 4.78 is 6.03. The Bertz CT molecular complexity index is 743. The zero-order valence-corrected chi connectivity index (χ0v) is 15.7. The van der Waals surface area contributed by atoms with Crippen LogP contribution < -0.4 is 10.2 Å². The number of aryl methyl sites for hydroxylation is 1. The number of phenolic OH excluding ortho intramolecular Hbond substituents is 1. The normalized spacial score (nSPS) is 10.8. The van der Waals surface area contributed by atoms with Gasteiger partial charge < -0.3 is 9.84 Å². The van der Waals surface area contributed by atoms with Gasteiger partial charge in [-0.3, -0.25) is 4.79 Å². The van der Waals surface area contributed by atoms with Gasteiger partial charge in [0.25, 0.3) is 0 Å². The first-order valence-electron chi connectivity index (χ1n) is 7.52. The molecule has 1 amide bonds. The molecule has 0 aliphatic heterocycles. The number of carbonyl (C=O) groups excluding carboxylic acids is 1. The molecule has 0 aromatic heterocycles. The Hall–Kier alpha value is -2.09. The van der Waals surface area contributed by atoms with E-state index in [0.29, 0.717) is 15.9 Å². The molecule has 0 radical (unpaired) electrons. The fraction of sp³-hybridized carbons (Fsp3) is 0.222. The zero-order valence-electron chi connectivity index (χ0n) is 13.5. The smallest absolute Gasteiger partial charge is 0.244 e. The fourth-order valence-electron chi connectivity index (χ4n) is 2.04. The second-order valence-electron chi connectivity index (χ2n) is 5.24. The van der Waals surface area contributed by atoms with Crippen LogP contribution in [-0.2, 0) is 11.2 Å². The van der Waals surface area contributed by atoms with Gasteiger partial charge in [0.05, 0.1) is 22.8 Å². The summed E-state index contributed by atoms with van der Waals surface area (Å²) in [6.45, 7) is 4.31. The quantitative estimate of drug-likeness (QED) is 0.413. The molecule has 0 spiro atoms. The van der Waals surface area contributed by atoms with Gasteiger partial charge in [-0.2, -0.15) is 5.10 Å². The van der Waals surface area contributed by atoms with Crippen molar-refractivity contribution in [2.45, 2.75) is 20.3 Å². The van der Waals surface area contributed by atoms with Gasteiger partial charge in [-0.05, 0) is 59.7 Å². The Morgan fingerprint density at radius 3 is 2.71 bits per heavy atom. The summed E-state index contributed by atoms with van der Waals surface area (Å²) in [5.41, 5.74) is 5.33. The van der Waals surface area contributed by atoms with E-state index in [1.165, 1.54) is 6.21 Å². The summed E-state index contributed by atoms with van der Waals surface area (Å²) in [6.07, 6.45) is 1.80. The van der Waals surface area contributed by atoms with Crippen LogP contribution in [0.3, 0.4) is 0 Å². The van der Waals surface area contributed by atoms with Crippen molar-refractivity contribution in [3.05, 3.63) is 56.7 Å². The van der Waals surface area contributed by atoms with Gasteiger partial charge in [-0.25, -0.2) is 5.43 Å². The number of nitrogens with one attached hydrogen (secondary N) is 1. The van der Waals surface area contributed by atoms with Crippen LogP contribution in [-0.4, -0.2) is 23.8 Å². The molecule has 2 aromatic rings. The average Bonchev–Trinajstić information content (AvgIpc) is 2.54. The average molecular weight is 438 g/mol. The Kier molecular flexibility index (Phi) is 6.60. The number of benzene rings is 2. The lowest BCUT2D eigenvalue weighted by atomic mass is 10.1. The van der Waals surface area contributed by atoms with Crippen molar-refractivity contribution in [1.82, 2.24) is 5.43 Å². The molecule has 0 saturated heterocycles. The summed E-state index contributed by atoms with van der Waals surface area (Å²) in [5, 5.41) is 13.9. The number of carbonyl (C=O) groups is 1. The Morgan fingerprint density at radius 2 is 2.04 bits per heavy atom. The minimum atomic E-state index is -0.186. The Labute approximate surface area is 154 Å². The lowest BCUT2D eigenvalue weighted by Crippen LogP contribution is -2.19. The number of amides is 1. The Balaban J connectivity index is 1.98. The number of hydrogen-bond acceptors (Lipinski definition) is 4. The third kappa shape index (κ3) is 5.23. The van der Waals surface area contributed by atoms with Gasteiger partial charge >= 0.3 is 0 Å². The maximum absolute atomic E-state index is 11.9. The predicted octanol–water partition coefficient (Wildman–Crippen LogP) is 3.40. The first kappa shape index (κ1) is 18.3. The molecule has 2 rings (SSSR count). The van der Waals surface area contributed by atoms with Crippen LogP contribution in [0.4, 0.5) is 0 Å². The highest BCUT2D eigenvalue weighted by molar-refractivity contribution is 14.1. The highest BCUT2D eigenvalue weighted by Gasteiger charge is 2.08. The van der Waals surface area contributed by atoms with Crippen LogP contribution in [0.2, 0.25) is 0 Å². The van der Waals surface area contributed by atoms with E-state index in [1.54, 1.807) is 12.1 Å². The van der Waals surface area contributed by atoms with E-state index in [2.05, 4.69) is 10.5 Å². The molecule has 0 unspecified atom stereocenters. The Morgan fingerprint density at radius 1 is 1.33 bits per heavy atom. The SMILES string of the molecule is CCOc1cc(/C=N/NC(=O)Cc2ccc(C)cc2)cc(I)c1O. The van der Waals surface area contributed by atoms with Crippen LogP contribution in [0.1, 0.15) is 23.6 Å². The van der Waals surface area contributed by atoms with E-state index < -0.39 is 0 Å². The molecular formula is C18H19IN2O3. The molecule has 0 fully saturated rings. The van der Waals surface area contributed by atoms with Gasteiger partial charge in [0.1, 0.15) is 0 Å². The number of aromatic hydroxyl groups is 1. The summed E-state index contributed by atoms with van der Waals surface area (Å²) in [6, 6.07) is 11.2. The first-order valence-corrected chi connectivity index (χ1v) is 8.60. The standard InChI is InChI=1S/C18H19IN2O3/c1-3-24-16-9-14(8-15(19)18(16)23)11-20-21-17(22)10-13-6-4-12(2)5-7-13/h4-9,11,23H,3,10H2,1-2H3,(H,21,22)/b20-11+. The zero-order chi connectivity index (χ0) is 17.5. The molecular weight excluding hydrogens is 419 g/mol. The third-order valence-electron chi connectivity index (χ3n) is 3.24. The number of hydrogen-bond donors (Lipinski definition) is 2. The number of halogens is 1. The van der Waals surface area contributed by atoms with Gasteiger partial charge in [-0.1, -0.05) is 29.8 Å². The second-order valence-corrected chi connectivity index (χ2v) is 6.40. The number of ether oxygens (including phenoxy) is 1. The van der Waals surface area contributed by atoms with Crippen molar-refractivity contribution in [3.8, 4) is 11.5 Å². The molecule has 2 aromatic carbocycles. The fourth-order valence-corrected chi connectivity index (χ4v) is 2.67. The highest BCUT2D eigenvalue weighted by Crippen LogP contribution is 2.32. The molecule has 6 heteroatoms. The molecule has 126 valence electrons. The minimum Gasteiger partial charge on any atom is -0.504 e. The molecule has 0 aliphatic rings. The van der Waals surface area contributed by atoms with E-state index in [1.807, 2.05) is 60.7 Å². The lowest BCUT2D eigenvalue weighted by molar-refractivity contribution is -0.120.